The number of nitrogens with zero attached hydrogens (tertiary/aromatic N) is 2. The molecule has 4 aromatic carbocycles. The number of rotatable bonds is 4. The highest BCUT2D eigenvalue weighted by atomic mass is 14.2. The van der Waals surface area contributed by atoms with E-state index in [1.165, 1.54) is 0 Å². The van der Waals surface area contributed by atoms with E-state index in [-0.39, 0.29) is 0 Å². The summed E-state index contributed by atoms with van der Waals surface area (Å²) in [5.41, 5.74) is 7.66. The zero-order chi connectivity index (χ0) is 20.8. The quantitative estimate of drug-likeness (QED) is 0.381. The van der Waals surface area contributed by atoms with Crippen LogP contribution < -0.4 is 0 Å². The summed E-state index contributed by atoms with van der Waals surface area (Å²) in [5, 5.41) is 18.4. The third-order valence-corrected chi connectivity index (χ3v) is 4.98. The first-order valence-corrected chi connectivity index (χ1v) is 9.66. The van der Waals surface area contributed by atoms with Crippen LogP contribution in [0.5, 0.6) is 0 Å². The number of hydrogen-bond acceptors (Lipinski definition) is 2. The smallest absolute Gasteiger partial charge is 0.0991 e. The Kier molecular flexibility index (Phi) is 5.52. The van der Waals surface area contributed by atoms with Gasteiger partial charge in [0.2, 0.25) is 0 Å². The summed E-state index contributed by atoms with van der Waals surface area (Å²) < 4.78 is 0. The van der Waals surface area contributed by atoms with E-state index < -0.39 is 0 Å². The molecule has 0 radical (unpaired) electrons. The first-order chi connectivity index (χ1) is 14.8. The maximum atomic E-state index is 9.21. The zero-order valence-electron chi connectivity index (χ0n) is 16.3. The molecule has 0 bridgehead atoms. The molecule has 0 saturated heterocycles. The van der Waals surface area contributed by atoms with Crippen LogP contribution in [0.25, 0.3) is 11.1 Å². The molecule has 0 N–H and O–H groups in total. The molecule has 4 rings (SSSR count). The van der Waals surface area contributed by atoms with Crippen molar-refractivity contribution in [3.63, 3.8) is 0 Å². The lowest BCUT2D eigenvalue weighted by Gasteiger charge is -2.18. The van der Waals surface area contributed by atoms with E-state index in [2.05, 4.69) is 36.4 Å². The topological polar surface area (TPSA) is 47.6 Å². The van der Waals surface area contributed by atoms with Gasteiger partial charge in [-0.15, -0.1) is 0 Å². The van der Waals surface area contributed by atoms with Gasteiger partial charge >= 0.3 is 0 Å². The lowest BCUT2D eigenvalue weighted by Crippen LogP contribution is -1.97. The number of nitriles is 2. The average molecular weight is 382 g/mol. The van der Waals surface area contributed by atoms with Crippen LogP contribution in [0, 0.1) is 22.7 Å². The molecular weight excluding hydrogens is 364 g/mol. The molecule has 2 nitrogen and oxygen atoms in total. The fourth-order valence-electron chi connectivity index (χ4n) is 3.54. The minimum absolute atomic E-state index is 0.630. The van der Waals surface area contributed by atoms with Gasteiger partial charge in [-0.25, -0.2) is 0 Å². The molecule has 30 heavy (non-hydrogen) atoms. The lowest BCUT2D eigenvalue weighted by atomic mass is 9.85. The third-order valence-electron chi connectivity index (χ3n) is 4.98. The Morgan fingerprint density at radius 3 is 1.00 bits per heavy atom. The largest absolute Gasteiger partial charge is 0.192 e. The van der Waals surface area contributed by atoms with Crippen LogP contribution >= 0.6 is 0 Å². The molecule has 0 aliphatic heterocycles. The molecule has 0 unspecified atom stereocenters. The standard InChI is InChI=1S/C28H18N2/c29-19-21-11-15-25(16-12-21)27(23-7-3-1-4-8-23)28(24-9-5-2-6-10-24)26-17-13-22(20-30)14-18-26/h1-18H. The van der Waals surface area contributed by atoms with Crippen LogP contribution in [0.1, 0.15) is 33.4 Å². The minimum atomic E-state index is 0.630. The SMILES string of the molecule is N#Cc1ccc(C(=C(c2ccccc2)c2ccc(C#N)cc2)c2ccccc2)cc1. The maximum Gasteiger partial charge on any atom is 0.0991 e. The van der Waals surface area contributed by atoms with Crippen molar-refractivity contribution in [2.75, 3.05) is 0 Å². The van der Waals surface area contributed by atoms with Gasteiger partial charge in [-0.3, -0.25) is 0 Å². The Morgan fingerprint density at radius 1 is 0.400 bits per heavy atom. The van der Waals surface area contributed by atoms with Crippen LogP contribution in [-0.2, 0) is 0 Å². The molecule has 0 atom stereocenters. The molecule has 0 aliphatic rings. The highest BCUT2D eigenvalue weighted by molar-refractivity contribution is 6.04. The summed E-state index contributed by atoms with van der Waals surface area (Å²) in [4.78, 5) is 0. The van der Waals surface area contributed by atoms with Crippen molar-refractivity contribution in [2.24, 2.45) is 0 Å². The fraction of sp³-hybridized carbons (Fsp3) is 0. The molecule has 140 valence electrons. The lowest BCUT2D eigenvalue weighted by molar-refractivity contribution is 1.45. The van der Waals surface area contributed by atoms with Crippen molar-refractivity contribution < 1.29 is 0 Å². The minimum Gasteiger partial charge on any atom is -0.192 e. The third kappa shape index (κ3) is 3.90. The Balaban J connectivity index is 2.06. The fourth-order valence-corrected chi connectivity index (χ4v) is 3.54. The maximum absolute atomic E-state index is 9.21. The molecule has 0 spiro atoms. The van der Waals surface area contributed by atoms with Crippen molar-refractivity contribution in [3.05, 3.63) is 143 Å². The van der Waals surface area contributed by atoms with E-state index in [1.54, 1.807) is 0 Å². The van der Waals surface area contributed by atoms with E-state index in [1.807, 2.05) is 84.9 Å². The Bertz CT molecular complexity index is 1150. The van der Waals surface area contributed by atoms with Gasteiger partial charge in [-0.2, -0.15) is 10.5 Å². The predicted octanol–water partition coefficient (Wildman–Crippen LogP) is 6.44. The summed E-state index contributed by atoms with van der Waals surface area (Å²) in [6.45, 7) is 0. The average Bonchev–Trinajstić information content (AvgIpc) is 2.84. The van der Waals surface area contributed by atoms with Crippen LogP contribution in [0.4, 0.5) is 0 Å². The van der Waals surface area contributed by atoms with E-state index in [0.29, 0.717) is 11.1 Å². The van der Waals surface area contributed by atoms with Crippen molar-refractivity contribution in [2.45, 2.75) is 0 Å². The summed E-state index contributed by atoms with van der Waals surface area (Å²) in [6.07, 6.45) is 0. The molecule has 0 aliphatic carbocycles. The second kappa shape index (κ2) is 8.74. The van der Waals surface area contributed by atoms with Gasteiger partial charge < -0.3 is 0 Å². The summed E-state index contributed by atoms with van der Waals surface area (Å²) in [6, 6.07) is 40.3. The van der Waals surface area contributed by atoms with Crippen LogP contribution in [0.2, 0.25) is 0 Å². The van der Waals surface area contributed by atoms with Gasteiger partial charge in [-0.05, 0) is 57.7 Å². The second-order valence-electron chi connectivity index (χ2n) is 6.86. The van der Waals surface area contributed by atoms with Gasteiger partial charge in [0.25, 0.3) is 0 Å². The van der Waals surface area contributed by atoms with Crippen molar-refractivity contribution in [3.8, 4) is 12.1 Å². The molecule has 2 heteroatoms. The Morgan fingerprint density at radius 2 is 0.700 bits per heavy atom. The van der Waals surface area contributed by atoms with E-state index in [9.17, 15) is 10.5 Å². The summed E-state index contributed by atoms with van der Waals surface area (Å²) in [7, 11) is 0. The van der Waals surface area contributed by atoms with Gasteiger partial charge in [0.15, 0.2) is 0 Å². The van der Waals surface area contributed by atoms with Crippen molar-refractivity contribution in [1.82, 2.24) is 0 Å². The van der Waals surface area contributed by atoms with Crippen molar-refractivity contribution in [1.29, 1.82) is 10.5 Å². The predicted molar refractivity (Wildman–Crippen MR) is 120 cm³/mol. The van der Waals surface area contributed by atoms with E-state index >= 15 is 0 Å². The number of benzene rings is 4. The Labute approximate surface area is 176 Å². The van der Waals surface area contributed by atoms with Crippen LogP contribution in [0.15, 0.2) is 109 Å². The van der Waals surface area contributed by atoms with Gasteiger partial charge in [0.1, 0.15) is 0 Å². The summed E-state index contributed by atoms with van der Waals surface area (Å²) >= 11 is 0. The normalized spacial score (nSPS) is 11.1. The molecular formula is C28H18N2. The van der Waals surface area contributed by atoms with Crippen LogP contribution in [-0.4, -0.2) is 0 Å². The highest BCUT2D eigenvalue weighted by Crippen LogP contribution is 2.36. The molecule has 0 heterocycles. The Hall–Kier alpha value is -4.40. The van der Waals surface area contributed by atoms with Crippen molar-refractivity contribution >= 4 is 11.1 Å². The molecule has 4 aromatic rings. The van der Waals surface area contributed by atoms with Gasteiger partial charge in [0, 0.05) is 0 Å². The first-order valence-electron chi connectivity index (χ1n) is 9.66. The first kappa shape index (κ1) is 18.9. The molecule has 0 saturated carbocycles. The molecule has 0 fully saturated rings. The second-order valence-corrected chi connectivity index (χ2v) is 6.86. The monoisotopic (exact) mass is 382 g/mol. The van der Waals surface area contributed by atoms with Gasteiger partial charge in [0.05, 0.1) is 23.3 Å². The van der Waals surface area contributed by atoms with Crippen LogP contribution in [0.3, 0.4) is 0 Å². The summed E-state index contributed by atoms with van der Waals surface area (Å²) in [5.74, 6) is 0. The van der Waals surface area contributed by atoms with E-state index in [0.717, 1.165) is 33.4 Å². The molecule has 0 aromatic heterocycles. The van der Waals surface area contributed by atoms with Gasteiger partial charge in [-0.1, -0.05) is 84.9 Å². The highest BCUT2D eigenvalue weighted by Gasteiger charge is 2.16. The zero-order valence-corrected chi connectivity index (χ0v) is 16.3. The van der Waals surface area contributed by atoms with E-state index in [4.69, 9.17) is 0 Å². The molecule has 0 amide bonds. The number of hydrogen-bond donors (Lipinski definition) is 0.